The molecule has 0 saturated heterocycles. The summed E-state index contributed by atoms with van der Waals surface area (Å²) in [5.41, 5.74) is 4.48. The van der Waals surface area contributed by atoms with Crippen molar-refractivity contribution in [3.8, 4) is 0 Å². The number of nitrogens with zero attached hydrogens (tertiary/aromatic N) is 3. The van der Waals surface area contributed by atoms with Crippen LogP contribution in [0.25, 0.3) is 0 Å². The summed E-state index contributed by atoms with van der Waals surface area (Å²) in [5.74, 6) is 0. The Bertz CT molecular complexity index is 755. The fourth-order valence-corrected chi connectivity index (χ4v) is 3.83. The summed E-state index contributed by atoms with van der Waals surface area (Å²) in [4.78, 5) is 14.6. The Hall–Kier alpha value is -2.34. The molecule has 126 valence electrons. The van der Waals surface area contributed by atoms with Crippen LogP contribution in [0, 0.1) is 0 Å². The van der Waals surface area contributed by atoms with E-state index >= 15 is 0 Å². The number of rotatable bonds is 3. The minimum absolute atomic E-state index is 0.00135. The molecule has 0 saturated carbocycles. The standard InChI is InChI=1S/C18H22N4O2/c23-11-10-22-17-7-3-5-15(14(17)12-19-22)20-18(24)21-9-8-13-4-1-2-6-16(13)21/h1-2,4,6,12,15,23H,3,5,7-11H2,(H,20,24). The molecule has 1 atom stereocenters. The molecule has 2 N–H and O–H groups in total. The highest BCUT2D eigenvalue weighted by Crippen LogP contribution is 2.31. The summed E-state index contributed by atoms with van der Waals surface area (Å²) >= 11 is 0. The lowest BCUT2D eigenvalue weighted by molar-refractivity contribution is 0.241. The van der Waals surface area contributed by atoms with Crippen molar-refractivity contribution >= 4 is 11.7 Å². The fraction of sp³-hybridized carbons (Fsp3) is 0.444. The lowest BCUT2D eigenvalue weighted by Crippen LogP contribution is -2.41. The van der Waals surface area contributed by atoms with Gasteiger partial charge in [-0.3, -0.25) is 9.58 Å². The number of anilines is 1. The van der Waals surface area contributed by atoms with Crippen molar-refractivity contribution in [3.05, 3.63) is 47.3 Å². The predicted molar refractivity (Wildman–Crippen MR) is 91.0 cm³/mol. The zero-order chi connectivity index (χ0) is 16.5. The van der Waals surface area contributed by atoms with Crippen molar-refractivity contribution in [3.63, 3.8) is 0 Å². The van der Waals surface area contributed by atoms with Crippen LogP contribution in [0.4, 0.5) is 10.5 Å². The number of aromatic nitrogens is 2. The molecule has 24 heavy (non-hydrogen) atoms. The number of carbonyl (C=O) groups excluding carboxylic acids is 1. The summed E-state index contributed by atoms with van der Waals surface area (Å²) in [6.45, 7) is 1.32. The summed E-state index contributed by atoms with van der Waals surface area (Å²) in [7, 11) is 0. The monoisotopic (exact) mass is 326 g/mol. The largest absolute Gasteiger partial charge is 0.394 e. The fourth-order valence-electron chi connectivity index (χ4n) is 3.83. The molecule has 6 nitrogen and oxygen atoms in total. The molecule has 0 bridgehead atoms. The maximum Gasteiger partial charge on any atom is 0.322 e. The van der Waals surface area contributed by atoms with Gasteiger partial charge in [-0.05, 0) is 37.3 Å². The van der Waals surface area contributed by atoms with E-state index in [0.29, 0.717) is 6.54 Å². The summed E-state index contributed by atoms with van der Waals surface area (Å²) < 4.78 is 1.86. The molecular formula is C18H22N4O2. The Kier molecular flexibility index (Phi) is 3.98. The molecule has 0 radical (unpaired) electrons. The number of carbonyl (C=O) groups is 1. The van der Waals surface area contributed by atoms with Gasteiger partial charge in [0.2, 0.25) is 0 Å². The highest BCUT2D eigenvalue weighted by molar-refractivity contribution is 5.94. The first kappa shape index (κ1) is 15.2. The number of amides is 2. The molecule has 2 aliphatic rings. The van der Waals surface area contributed by atoms with Crippen molar-refractivity contribution in [2.45, 2.75) is 38.3 Å². The van der Waals surface area contributed by atoms with Gasteiger partial charge >= 0.3 is 6.03 Å². The van der Waals surface area contributed by atoms with Gasteiger partial charge in [0.25, 0.3) is 0 Å². The van der Waals surface area contributed by atoms with E-state index in [1.807, 2.05) is 34.0 Å². The van der Waals surface area contributed by atoms with E-state index < -0.39 is 0 Å². The third kappa shape index (κ3) is 2.57. The van der Waals surface area contributed by atoms with Crippen LogP contribution in [0.15, 0.2) is 30.5 Å². The smallest absolute Gasteiger partial charge is 0.322 e. The topological polar surface area (TPSA) is 70.4 Å². The zero-order valence-corrected chi connectivity index (χ0v) is 13.6. The number of aliphatic hydroxyl groups excluding tert-OH is 1. The second-order valence-corrected chi connectivity index (χ2v) is 6.42. The van der Waals surface area contributed by atoms with Crippen molar-refractivity contribution in [2.24, 2.45) is 0 Å². The highest BCUT2D eigenvalue weighted by atomic mass is 16.3. The third-order valence-electron chi connectivity index (χ3n) is 5.00. The van der Waals surface area contributed by atoms with E-state index in [2.05, 4.69) is 16.5 Å². The lowest BCUT2D eigenvalue weighted by Gasteiger charge is -2.27. The van der Waals surface area contributed by atoms with E-state index in [1.54, 1.807) is 0 Å². The first-order valence-corrected chi connectivity index (χ1v) is 8.59. The molecule has 1 unspecified atom stereocenters. The van der Waals surface area contributed by atoms with Crippen LogP contribution in [0.2, 0.25) is 0 Å². The third-order valence-corrected chi connectivity index (χ3v) is 5.00. The first-order chi connectivity index (χ1) is 11.8. The molecule has 2 heterocycles. The first-order valence-electron chi connectivity index (χ1n) is 8.59. The predicted octanol–water partition coefficient (Wildman–Crippen LogP) is 2.03. The van der Waals surface area contributed by atoms with Gasteiger partial charge in [-0.25, -0.2) is 4.79 Å². The van der Waals surface area contributed by atoms with E-state index in [-0.39, 0.29) is 18.7 Å². The van der Waals surface area contributed by atoms with Gasteiger partial charge < -0.3 is 10.4 Å². The van der Waals surface area contributed by atoms with Gasteiger partial charge in [-0.15, -0.1) is 0 Å². The number of para-hydroxylation sites is 1. The molecule has 2 amide bonds. The molecule has 2 aromatic rings. The van der Waals surface area contributed by atoms with Crippen LogP contribution >= 0.6 is 0 Å². The second-order valence-electron chi connectivity index (χ2n) is 6.42. The Balaban J connectivity index is 1.52. The molecule has 0 fully saturated rings. The number of hydrogen-bond acceptors (Lipinski definition) is 3. The van der Waals surface area contributed by atoms with Crippen LogP contribution < -0.4 is 10.2 Å². The van der Waals surface area contributed by atoms with Gasteiger partial charge in [-0.2, -0.15) is 5.10 Å². The SMILES string of the molecule is O=C(NC1CCCc2c1cnn2CCO)N1CCc2ccccc21. The van der Waals surface area contributed by atoms with Gasteiger partial charge in [0.1, 0.15) is 0 Å². The highest BCUT2D eigenvalue weighted by Gasteiger charge is 2.29. The van der Waals surface area contributed by atoms with Crippen LogP contribution in [-0.2, 0) is 19.4 Å². The molecule has 1 aliphatic heterocycles. The van der Waals surface area contributed by atoms with E-state index in [1.165, 1.54) is 5.56 Å². The zero-order valence-electron chi connectivity index (χ0n) is 13.6. The minimum Gasteiger partial charge on any atom is -0.394 e. The number of nitrogens with one attached hydrogen (secondary N) is 1. The summed E-state index contributed by atoms with van der Waals surface area (Å²) in [5, 5.41) is 16.7. The minimum atomic E-state index is -0.0345. The van der Waals surface area contributed by atoms with Crippen molar-refractivity contribution in [1.82, 2.24) is 15.1 Å². The van der Waals surface area contributed by atoms with Crippen LogP contribution in [0.3, 0.4) is 0 Å². The molecule has 1 aliphatic carbocycles. The average Bonchev–Trinajstić information content (AvgIpc) is 3.20. The van der Waals surface area contributed by atoms with E-state index in [4.69, 9.17) is 5.11 Å². The molecule has 6 heteroatoms. The van der Waals surface area contributed by atoms with Crippen LogP contribution in [0.1, 0.15) is 35.7 Å². The van der Waals surface area contributed by atoms with Crippen LogP contribution in [-0.4, -0.2) is 34.1 Å². The Labute approximate surface area is 141 Å². The van der Waals surface area contributed by atoms with E-state index in [9.17, 15) is 4.79 Å². The molecule has 1 aromatic carbocycles. The van der Waals surface area contributed by atoms with Crippen molar-refractivity contribution in [2.75, 3.05) is 18.1 Å². The molecule has 1 aromatic heterocycles. The van der Waals surface area contributed by atoms with Crippen molar-refractivity contribution in [1.29, 1.82) is 0 Å². The normalized spacial score (nSPS) is 19.0. The lowest BCUT2D eigenvalue weighted by atomic mass is 9.93. The maximum atomic E-state index is 12.8. The van der Waals surface area contributed by atoms with Gasteiger partial charge in [-0.1, -0.05) is 18.2 Å². The average molecular weight is 326 g/mol. The molecule has 4 rings (SSSR count). The number of fused-ring (bicyclic) bond motifs is 2. The Morgan fingerprint density at radius 3 is 3.08 bits per heavy atom. The van der Waals surface area contributed by atoms with Gasteiger partial charge in [0.15, 0.2) is 0 Å². The Morgan fingerprint density at radius 1 is 1.33 bits per heavy atom. The number of benzene rings is 1. The summed E-state index contributed by atoms with van der Waals surface area (Å²) in [6.07, 6.45) is 5.65. The van der Waals surface area contributed by atoms with E-state index in [0.717, 1.165) is 49.2 Å². The van der Waals surface area contributed by atoms with Gasteiger partial charge in [0.05, 0.1) is 25.4 Å². The van der Waals surface area contributed by atoms with Gasteiger partial charge in [0, 0.05) is 23.5 Å². The number of aliphatic hydroxyl groups is 1. The molecule has 0 spiro atoms. The number of urea groups is 1. The second kappa shape index (κ2) is 6.28. The van der Waals surface area contributed by atoms with Crippen LogP contribution in [0.5, 0.6) is 0 Å². The molecular weight excluding hydrogens is 304 g/mol. The quantitative estimate of drug-likeness (QED) is 0.906. The Morgan fingerprint density at radius 2 is 2.21 bits per heavy atom. The van der Waals surface area contributed by atoms with Crippen molar-refractivity contribution < 1.29 is 9.90 Å². The number of hydrogen-bond donors (Lipinski definition) is 2. The summed E-state index contributed by atoms with van der Waals surface area (Å²) in [6, 6.07) is 8.05. The maximum absolute atomic E-state index is 12.8.